The molecule has 43 heavy (non-hydrogen) atoms. The third kappa shape index (κ3) is 4.26. The molecule has 8 nitrogen and oxygen atoms in total. The highest BCUT2D eigenvalue weighted by Crippen LogP contribution is 2.68. The van der Waals surface area contributed by atoms with Crippen LogP contribution >= 0.6 is 23.1 Å². The molecule has 3 heterocycles. The van der Waals surface area contributed by atoms with Crippen molar-refractivity contribution >= 4 is 52.2 Å². The van der Waals surface area contributed by atoms with Crippen molar-refractivity contribution in [3.8, 4) is 5.75 Å². The highest BCUT2D eigenvalue weighted by atomic mass is 32.2. The third-order valence-electron chi connectivity index (χ3n) is 9.41. The smallest absolute Gasteiger partial charge is 0.305 e. The predicted molar refractivity (Wildman–Crippen MR) is 164 cm³/mol. The molecular weight excluding hydrogens is 583 g/mol. The molecule has 2 N–H and O–H groups in total. The van der Waals surface area contributed by atoms with E-state index in [0.29, 0.717) is 17.1 Å². The Morgan fingerprint density at radius 2 is 1.56 bits per heavy atom. The molecule has 1 saturated heterocycles. The maximum absolute atomic E-state index is 13.8. The molecule has 2 saturated carbocycles. The van der Waals surface area contributed by atoms with Gasteiger partial charge in [-0.25, -0.2) is 0 Å². The first-order chi connectivity index (χ1) is 21.0. The topological polar surface area (TPSA) is 109 Å². The van der Waals surface area contributed by atoms with Gasteiger partial charge in [0.05, 0.1) is 22.5 Å². The second-order valence-electron chi connectivity index (χ2n) is 11.6. The van der Waals surface area contributed by atoms with Crippen molar-refractivity contribution < 1.29 is 19.1 Å². The molecule has 10 heteroatoms. The number of hydrogen-bond acceptors (Lipinski definition) is 7. The van der Waals surface area contributed by atoms with E-state index in [2.05, 4.69) is 10.3 Å². The number of H-pyrrole nitrogens is 1. The Morgan fingerprint density at radius 3 is 2.28 bits per heavy atom. The third-order valence-corrected chi connectivity index (χ3v) is 12.0. The van der Waals surface area contributed by atoms with E-state index in [1.807, 2.05) is 84.9 Å². The van der Waals surface area contributed by atoms with Gasteiger partial charge < -0.3 is 15.0 Å². The summed E-state index contributed by atoms with van der Waals surface area (Å²) < 4.78 is 5.77. The zero-order chi connectivity index (χ0) is 29.2. The van der Waals surface area contributed by atoms with Crippen LogP contribution in [0.3, 0.4) is 0 Å². The van der Waals surface area contributed by atoms with E-state index in [-0.39, 0.29) is 70.0 Å². The number of amides is 3. The van der Waals surface area contributed by atoms with Crippen LogP contribution in [0.15, 0.2) is 94.7 Å². The number of carbonyl (C=O) groups excluding carboxylic acids is 3. The lowest BCUT2D eigenvalue weighted by molar-refractivity contribution is -0.123. The second-order valence-corrected chi connectivity index (χ2v) is 13.8. The minimum absolute atomic E-state index is 0.0469. The van der Waals surface area contributed by atoms with Gasteiger partial charge in [0.2, 0.25) is 11.8 Å². The molecule has 4 aliphatic rings. The maximum Gasteiger partial charge on any atom is 0.305 e. The zero-order valence-electron chi connectivity index (χ0n) is 22.8. The van der Waals surface area contributed by atoms with E-state index in [1.54, 1.807) is 11.8 Å². The van der Waals surface area contributed by atoms with Gasteiger partial charge in [-0.05, 0) is 66.1 Å². The number of imide groups is 1. The summed E-state index contributed by atoms with van der Waals surface area (Å²) in [6.07, 6.45) is 0.838. The van der Waals surface area contributed by atoms with Crippen LogP contribution in [0.1, 0.15) is 22.8 Å². The first-order valence-corrected chi connectivity index (χ1v) is 16.1. The molecule has 4 aromatic rings. The molecule has 7 atom stereocenters. The van der Waals surface area contributed by atoms with E-state index in [4.69, 9.17) is 4.74 Å². The average Bonchev–Trinajstić information content (AvgIpc) is 3.76. The highest BCUT2D eigenvalue weighted by molar-refractivity contribution is 8.00. The SMILES string of the molecule is O=C(COc1ccc([C@H]2c3sc(=O)[nH]c3SC3C2[C@H]2C[C@@H]3C3C(=O)N(c4ccccc4)C(=O)C32)cc1)Nc1ccccc1. The monoisotopic (exact) mass is 609 g/mol. The van der Waals surface area contributed by atoms with Crippen molar-refractivity contribution in [1.29, 1.82) is 0 Å². The fraction of sp³-hybridized carbons (Fsp3) is 0.273. The predicted octanol–water partition coefficient (Wildman–Crippen LogP) is 5.13. The van der Waals surface area contributed by atoms with E-state index < -0.39 is 0 Å². The molecule has 0 radical (unpaired) electrons. The van der Waals surface area contributed by atoms with Gasteiger partial charge in [0.25, 0.3) is 5.91 Å². The van der Waals surface area contributed by atoms with Crippen molar-refractivity contribution in [3.05, 3.63) is 105 Å². The van der Waals surface area contributed by atoms with Crippen molar-refractivity contribution in [2.75, 3.05) is 16.8 Å². The number of nitrogens with one attached hydrogen (secondary N) is 2. The number of thiazole rings is 1. The van der Waals surface area contributed by atoms with Crippen LogP contribution in [0.4, 0.5) is 11.4 Å². The quantitative estimate of drug-likeness (QED) is 0.294. The minimum atomic E-state index is -0.343. The zero-order valence-corrected chi connectivity index (χ0v) is 24.5. The van der Waals surface area contributed by atoms with Crippen LogP contribution < -0.4 is 19.8 Å². The Morgan fingerprint density at radius 1 is 0.884 bits per heavy atom. The minimum Gasteiger partial charge on any atom is -0.484 e. The number of hydrogen-bond donors (Lipinski definition) is 2. The number of fused-ring (bicyclic) bond motifs is 9. The number of thioether (sulfide) groups is 1. The van der Waals surface area contributed by atoms with Crippen LogP contribution in [0, 0.1) is 29.6 Å². The molecule has 2 aliphatic heterocycles. The summed E-state index contributed by atoms with van der Waals surface area (Å²) in [5.41, 5.74) is 2.38. The number of para-hydroxylation sites is 2. The van der Waals surface area contributed by atoms with Crippen LogP contribution in [0.25, 0.3) is 0 Å². The number of anilines is 2. The first kappa shape index (κ1) is 26.5. The lowest BCUT2D eigenvalue weighted by Gasteiger charge is -2.43. The number of rotatable bonds is 6. The maximum atomic E-state index is 13.8. The Balaban J connectivity index is 1.07. The van der Waals surface area contributed by atoms with Crippen molar-refractivity contribution in [1.82, 2.24) is 4.98 Å². The van der Waals surface area contributed by atoms with Crippen LogP contribution in [-0.4, -0.2) is 34.6 Å². The van der Waals surface area contributed by atoms with E-state index in [9.17, 15) is 19.2 Å². The van der Waals surface area contributed by atoms with Crippen LogP contribution in [-0.2, 0) is 14.4 Å². The molecule has 2 aliphatic carbocycles. The van der Waals surface area contributed by atoms with E-state index in [1.165, 1.54) is 16.2 Å². The highest BCUT2D eigenvalue weighted by Gasteiger charge is 2.69. The van der Waals surface area contributed by atoms with Crippen LogP contribution in [0.5, 0.6) is 5.75 Å². The number of ether oxygens (including phenoxy) is 1. The summed E-state index contributed by atoms with van der Waals surface area (Å²) in [6, 6.07) is 26.1. The normalized spacial score (nSPS) is 28.4. The van der Waals surface area contributed by atoms with Gasteiger partial charge in [-0.1, -0.05) is 59.9 Å². The van der Waals surface area contributed by atoms with Crippen molar-refractivity contribution in [2.45, 2.75) is 22.6 Å². The number of aromatic amines is 1. The van der Waals surface area contributed by atoms with E-state index in [0.717, 1.165) is 21.9 Å². The van der Waals surface area contributed by atoms with Crippen molar-refractivity contribution in [3.63, 3.8) is 0 Å². The summed E-state index contributed by atoms with van der Waals surface area (Å²) >= 11 is 2.91. The molecule has 0 spiro atoms. The molecule has 4 unspecified atom stereocenters. The summed E-state index contributed by atoms with van der Waals surface area (Å²) in [4.78, 5) is 57.8. The Hall–Kier alpha value is -4.15. The van der Waals surface area contributed by atoms with Crippen LogP contribution in [0.2, 0.25) is 0 Å². The van der Waals surface area contributed by atoms with Gasteiger partial charge >= 0.3 is 4.87 Å². The summed E-state index contributed by atoms with van der Waals surface area (Å²) in [6.45, 7) is -0.122. The van der Waals surface area contributed by atoms with Gasteiger partial charge in [0, 0.05) is 21.7 Å². The second kappa shape index (κ2) is 10.2. The summed E-state index contributed by atoms with van der Waals surface area (Å²) in [5.74, 6) is -0.378. The van der Waals surface area contributed by atoms with Gasteiger partial charge in [0.1, 0.15) is 5.75 Å². The largest absolute Gasteiger partial charge is 0.484 e. The summed E-state index contributed by atoms with van der Waals surface area (Å²) in [5, 5.41) is 3.81. The Bertz CT molecular complexity index is 1790. The molecule has 8 rings (SSSR count). The molecule has 3 aromatic carbocycles. The summed E-state index contributed by atoms with van der Waals surface area (Å²) in [7, 11) is 0. The number of nitrogens with zero attached hydrogens (tertiary/aromatic N) is 1. The van der Waals surface area contributed by atoms with E-state index >= 15 is 0 Å². The molecule has 3 amide bonds. The lowest BCUT2D eigenvalue weighted by Crippen LogP contribution is -2.42. The number of aromatic nitrogens is 1. The molecule has 3 fully saturated rings. The Labute approximate surface area is 255 Å². The van der Waals surface area contributed by atoms with Gasteiger partial charge in [-0.2, -0.15) is 0 Å². The molecular formula is C33H27N3O5S2. The molecule has 2 bridgehead atoms. The number of benzene rings is 3. The number of carbonyl (C=O) groups is 3. The van der Waals surface area contributed by atoms with Gasteiger partial charge in [0.15, 0.2) is 6.61 Å². The van der Waals surface area contributed by atoms with Gasteiger partial charge in [-0.15, -0.1) is 11.8 Å². The average molecular weight is 610 g/mol. The van der Waals surface area contributed by atoms with Crippen molar-refractivity contribution in [2.24, 2.45) is 29.6 Å². The molecule has 216 valence electrons. The standard InChI is InChI=1S/C33H27N3O5S2/c37-23(34-18-7-3-1-4-8-18)16-41-20-13-11-17(12-14-20)24-25-21-15-22(28(25)42-30-29(24)43-33(40)35-30)27-26(21)31(38)36(32(27)39)19-9-5-2-6-10-19/h1-14,21-22,24-28H,15-16H2,(H,34,37)(H,35,40)/t21-,22-,24-,25?,26?,27?,28?/m1/s1. The fourth-order valence-corrected chi connectivity index (χ4v) is 10.7. The Kier molecular flexibility index (Phi) is 6.30. The van der Waals surface area contributed by atoms with Gasteiger partial charge in [-0.3, -0.25) is 24.1 Å². The lowest BCUT2D eigenvalue weighted by atomic mass is 9.68. The first-order valence-electron chi connectivity index (χ1n) is 14.4. The molecule has 1 aromatic heterocycles. The fourth-order valence-electron chi connectivity index (χ4n) is 7.86.